The van der Waals surface area contributed by atoms with Crippen molar-refractivity contribution in [2.45, 2.75) is 44.9 Å². The zero-order valence-electron chi connectivity index (χ0n) is 9.74. The van der Waals surface area contributed by atoms with Gasteiger partial charge in [-0.1, -0.05) is 0 Å². The molecule has 0 amide bonds. The molecule has 2 aliphatic rings. The topological polar surface area (TPSA) is 68.3 Å². The summed E-state index contributed by atoms with van der Waals surface area (Å²) in [6.07, 6.45) is 3.90. The average molecular weight is 236 g/mol. The van der Waals surface area contributed by atoms with Gasteiger partial charge in [0.25, 0.3) is 0 Å². The lowest BCUT2D eigenvalue weighted by Crippen LogP contribution is -2.35. The molecule has 0 N–H and O–H groups in total. The highest BCUT2D eigenvalue weighted by molar-refractivity contribution is 6.39. The molecule has 0 aromatic heterocycles. The van der Waals surface area contributed by atoms with Crippen LogP contribution in [0.2, 0.25) is 0 Å². The highest BCUT2D eigenvalue weighted by Crippen LogP contribution is 2.30. The van der Waals surface area contributed by atoms with Crippen molar-refractivity contribution in [3.05, 3.63) is 0 Å². The van der Waals surface area contributed by atoms with E-state index >= 15 is 0 Å². The third-order valence-electron chi connectivity index (χ3n) is 3.77. The number of rotatable bonds is 2. The Labute approximate surface area is 99.8 Å². The van der Waals surface area contributed by atoms with Crippen LogP contribution in [0.3, 0.4) is 0 Å². The molecule has 17 heavy (non-hydrogen) atoms. The van der Waals surface area contributed by atoms with Gasteiger partial charge in [-0.15, -0.1) is 0 Å². The highest BCUT2D eigenvalue weighted by Gasteiger charge is 2.36. The molecule has 0 bridgehead atoms. The maximum atomic E-state index is 11.6. The first-order valence-electron chi connectivity index (χ1n) is 6.23. The van der Waals surface area contributed by atoms with Crippen molar-refractivity contribution in [3.63, 3.8) is 0 Å². The van der Waals surface area contributed by atoms with Crippen molar-refractivity contribution in [1.29, 1.82) is 0 Å². The lowest BCUT2D eigenvalue weighted by atomic mass is 9.76. The van der Waals surface area contributed by atoms with E-state index in [2.05, 4.69) is 0 Å². The summed E-state index contributed by atoms with van der Waals surface area (Å²) < 4.78 is 0. The van der Waals surface area contributed by atoms with Crippen LogP contribution in [-0.4, -0.2) is 23.1 Å². The van der Waals surface area contributed by atoms with Crippen LogP contribution in [0.25, 0.3) is 0 Å². The van der Waals surface area contributed by atoms with Crippen LogP contribution < -0.4 is 0 Å². The van der Waals surface area contributed by atoms with Gasteiger partial charge < -0.3 is 0 Å². The van der Waals surface area contributed by atoms with Crippen molar-refractivity contribution in [2.24, 2.45) is 11.8 Å². The minimum Gasteiger partial charge on any atom is -0.291 e. The van der Waals surface area contributed by atoms with Gasteiger partial charge in [0.05, 0.1) is 0 Å². The summed E-state index contributed by atoms with van der Waals surface area (Å²) in [6, 6.07) is 0. The first-order valence-corrected chi connectivity index (χ1v) is 6.23. The van der Waals surface area contributed by atoms with Crippen LogP contribution in [0.15, 0.2) is 0 Å². The van der Waals surface area contributed by atoms with Crippen molar-refractivity contribution in [2.75, 3.05) is 0 Å². The fraction of sp³-hybridized carbons (Fsp3) is 0.692. The molecular weight excluding hydrogens is 220 g/mol. The lowest BCUT2D eigenvalue weighted by molar-refractivity contribution is -0.144. The molecule has 2 unspecified atom stereocenters. The number of hydrogen-bond acceptors (Lipinski definition) is 4. The number of carbonyl (C=O) groups excluding carboxylic acids is 4. The van der Waals surface area contributed by atoms with Gasteiger partial charge in [-0.25, -0.2) is 0 Å². The molecule has 0 aromatic rings. The predicted molar refractivity (Wildman–Crippen MR) is 59.3 cm³/mol. The van der Waals surface area contributed by atoms with E-state index in [1.165, 1.54) is 0 Å². The summed E-state index contributed by atoms with van der Waals surface area (Å²) in [5.41, 5.74) is 0. The zero-order valence-corrected chi connectivity index (χ0v) is 9.74. The van der Waals surface area contributed by atoms with Crippen LogP contribution in [0.4, 0.5) is 0 Å². The summed E-state index contributed by atoms with van der Waals surface area (Å²) in [5, 5.41) is 0. The Morgan fingerprint density at radius 3 is 1.59 bits per heavy atom. The van der Waals surface area contributed by atoms with Gasteiger partial charge >= 0.3 is 0 Å². The molecule has 2 atom stereocenters. The van der Waals surface area contributed by atoms with E-state index in [-0.39, 0.29) is 35.0 Å². The molecule has 4 heteroatoms. The minimum absolute atomic E-state index is 0.309. The minimum atomic E-state index is -0.331. The van der Waals surface area contributed by atoms with Crippen LogP contribution in [0, 0.1) is 11.8 Å². The smallest absolute Gasteiger partial charge is 0.201 e. The maximum Gasteiger partial charge on any atom is 0.201 e. The summed E-state index contributed by atoms with van der Waals surface area (Å²) in [4.78, 5) is 45.9. The molecule has 0 saturated heterocycles. The van der Waals surface area contributed by atoms with E-state index in [9.17, 15) is 19.2 Å². The third-order valence-corrected chi connectivity index (χ3v) is 3.77. The van der Waals surface area contributed by atoms with Crippen molar-refractivity contribution < 1.29 is 19.2 Å². The van der Waals surface area contributed by atoms with E-state index in [1.807, 2.05) is 0 Å². The summed E-state index contributed by atoms with van der Waals surface area (Å²) >= 11 is 0. The molecule has 4 nitrogen and oxygen atoms in total. The summed E-state index contributed by atoms with van der Waals surface area (Å²) in [6.45, 7) is 0. The van der Waals surface area contributed by atoms with Gasteiger partial charge in [0, 0.05) is 24.7 Å². The molecular formula is C13H16O4. The lowest BCUT2D eigenvalue weighted by Gasteiger charge is -2.25. The quantitative estimate of drug-likeness (QED) is 0.677. The molecule has 2 saturated carbocycles. The van der Waals surface area contributed by atoms with Crippen LogP contribution >= 0.6 is 0 Å². The molecule has 0 heterocycles. The normalized spacial score (nSPS) is 30.8. The first-order chi connectivity index (χ1) is 8.09. The van der Waals surface area contributed by atoms with Crippen LogP contribution in [0.5, 0.6) is 0 Å². The monoisotopic (exact) mass is 236 g/mol. The van der Waals surface area contributed by atoms with Gasteiger partial charge in [-0.05, 0) is 32.1 Å². The highest BCUT2D eigenvalue weighted by atomic mass is 16.2. The molecule has 2 aliphatic carbocycles. The number of carbonyl (C=O) groups is 4. The molecule has 2 rings (SSSR count). The second-order valence-electron chi connectivity index (χ2n) is 4.99. The standard InChI is InChI=1S/C13H16O4/c14-10-5-1-3-8(12(10)16)7-9-4-2-6-11(15)13(9)17/h8-9H,1-7H2. The fourth-order valence-electron chi connectivity index (χ4n) is 2.78. The Hall–Kier alpha value is -1.32. The Bertz CT molecular complexity index is 347. The average Bonchev–Trinajstić information content (AvgIpc) is 2.31. The Balaban J connectivity index is 2.00. The number of Topliss-reactive ketones (excluding diaryl/α,β-unsaturated/α-hetero) is 4. The SMILES string of the molecule is O=C1CCCC(CC2CCCC(=O)C2=O)C1=O. The van der Waals surface area contributed by atoms with E-state index < -0.39 is 0 Å². The van der Waals surface area contributed by atoms with E-state index in [4.69, 9.17) is 0 Å². The van der Waals surface area contributed by atoms with Crippen molar-refractivity contribution >= 4 is 23.1 Å². The second-order valence-corrected chi connectivity index (χ2v) is 4.99. The number of ketones is 4. The van der Waals surface area contributed by atoms with E-state index in [0.29, 0.717) is 32.1 Å². The van der Waals surface area contributed by atoms with Gasteiger partial charge in [0.1, 0.15) is 0 Å². The van der Waals surface area contributed by atoms with Gasteiger partial charge in [-0.2, -0.15) is 0 Å². The van der Waals surface area contributed by atoms with Crippen LogP contribution in [0.1, 0.15) is 44.9 Å². The third kappa shape index (κ3) is 2.51. The summed E-state index contributed by atoms with van der Waals surface area (Å²) in [7, 11) is 0. The Kier molecular flexibility index (Phi) is 3.50. The fourth-order valence-corrected chi connectivity index (χ4v) is 2.78. The second kappa shape index (κ2) is 4.90. The first kappa shape index (κ1) is 12.1. The predicted octanol–water partition coefficient (Wildman–Crippen LogP) is 1.25. The van der Waals surface area contributed by atoms with Crippen molar-refractivity contribution in [1.82, 2.24) is 0 Å². The molecule has 0 aromatic carbocycles. The molecule has 0 aliphatic heterocycles. The van der Waals surface area contributed by atoms with Crippen molar-refractivity contribution in [3.8, 4) is 0 Å². The molecule has 0 spiro atoms. The molecule has 2 fully saturated rings. The molecule has 0 radical (unpaired) electrons. The molecule has 92 valence electrons. The van der Waals surface area contributed by atoms with E-state index in [0.717, 1.165) is 12.8 Å². The van der Waals surface area contributed by atoms with Gasteiger partial charge in [-0.3, -0.25) is 19.2 Å². The van der Waals surface area contributed by atoms with Crippen LogP contribution in [-0.2, 0) is 19.2 Å². The van der Waals surface area contributed by atoms with E-state index in [1.54, 1.807) is 0 Å². The summed E-state index contributed by atoms with van der Waals surface area (Å²) in [5.74, 6) is -1.93. The maximum absolute atomic E-state index is 11.6. The largest absolute Gasteiger partial charge is 0.291 e. The zero-order chi connectivity index (χ0) is 12.4. The Morgan fingerprint density at radius 2 is 1.18 bits per heavy atom. The van der Waals surface area contributed by atoms with Gasteiger partial charge in [0.2, 0.25) is 11.6 Å². The van der Waals surface area contributed by atoms with Gasteiger partial charge in [0.15, 0.2) is 11.6 Å². The Morgan fingerprint density at radius 1 is 0.765 bits per heavy atom. The number of hydrogen-bond donors (Lipinski definition) is 0.